The van der Waals surface area contributed by atoms with Gasteiger partial charge in [0.05, 0.1) is 4.34 Å². The van der Waals surface area contributed by atoms with E-state index >= 15 is 0 Å². The highest BCUT2D eigenvalue weighted by molar-refractivity contribution is 7.16. The molecule has 2 aromatic rings. The Kier molecular flexibility index (Phi) is 5.40. The van der Waals surface area contributed by atoms with Gasteiger partial charge in [-0.1, -0.05) is 41.9 Å². The molecule has 1 aromatic heterocycles. The van der Waals surface area contributed by atoms with Gasteiger partial charge in [-0.15, -0.1) is 11.3 Å². The van der Waals surface area contributed by atoms with Crippen LogP contribution in [-0.2, 0) is 13.0 Å². The Morgan fingerprint density at radius 3 is 2.58 bits per heavy atom. The largest absolute Gasteiger partial charge is 0.326 e. The van der Waals surface area contributed by atoms with Gasteiger partial charge in [-0.3, -0.25) is 4.90 Å². The predicted octanol–water partition coefficient (Wildman–Crippen LogP) is 3.40. The number of benzene rings is 1. The topological polar surface area (TPSA) is 29.3 Å². The van der Waals surface area contributed by atoms with Gasteiger partial charge in [0.25, 0.3) is 0 Å². The molecule has 19 heavy (non-hydrogen) atoms. The lowest BCUT2D eigenvalue weighted by Crippen LogP contribution is -2.36. The minimum absolute atomic E-state index is 0.155. The van der Waals surface area contributed by atoms with Crippen molar-refractivity contribution in [3.8, 4) is 0 Å². The van der Waals surface area contributed by atoms with Crippen molar-refractivity contribution in [1.29, 1.82) is 0 Å². The molecule has 0 aliphatic rings. The van der Waals surface area contributed by atoms with Crippen molar-refractivity contribution >= 4 is 22.9 Å². The first-order chi connectivity index (χ1) is 9.13. The Balaban J connectivity index is 1.80. The summed E-state index contributed by atoms with van der Waals surface area (Å²) in [7, 11) is 2.10. The van der Waals surface area contributed by atoms with Crippen LogP contribution < -0.4 is 5.73 Å². The maximum Gasteiger partial charge on any atom is 0.0931 e. The minimum Gasteiger partial charge on any atom is -0.326 e. The van der Waals surface area contributed by atoms with Crippen molar-refractivity contribution < 1.29 is 0 Å². The van der Waals surface area contributed by atoms with Crippen LogP contribution in [0.15, 0.2) is 42.5 Å². The first-order valence-electron chi connectivity index (χ1n) is 6.36. The summed E-state index contributed by atoms with van der Waals surface area (Å²) in [5.41, 5.74) is 7.50. The third-order valence-electron chi connectivity index (χ3n) is 2.94. The number of rotatable bonds is 6. The highest BCUT2D eigenvalue weighted by Gasteiger charge is 2.09. The molecule has 0 saturated heterocycles. The molecule has 2 nitrogen and oxygen atoms in total. The Morgan fingerprint density at radius 2 is 1.95 bits per heavy atom. The van der Waals surface area contributed by atoms with E-state index in [1.54, 1.807) is 11.3 Å². The maximum atomic E-state index is 6.20. The second kappa shape index (κ2) is 7.06. The molecule has 1 atom stereocenters. The average Bonchev–Trinajstić information content (AvgIpc) is 2.75. The SMILES string of the molecule is CN(Cc1ccc(Cl)s1)CC(N)Cc1ccccc1. The molecule has 0 radical (unpaired) electrons. The molecule has 1 unspecified atom stereocenters. The van der Waals surface area contributed by atoms with Gasteiger partial charge in [-0.2, -0.15) is 0 Å². The van der Waals surface area contributed by atoms with E-state index < -0.39 is 0 Å². The lowest BCUT2D eigenvalue weighted by atomic mass is 10.1. The quantitative estimate of drug-likeness (QED) is 0.885. The molecule has 4 heteroatoms. The van der Waals surface area contributed by atoms with E-state index in [0.29, 0.717) is 0 Å². The standard InChI is InChI=1S/C15H19ClN2S/c1-18(11-14-7-8-15(16)19-14)10-13(17)9-12-5-3-2-4-6-12/h2-8,13H,9-11,17H2,1H3. The zero-order chi connectivity index (χ0) is 13.7. The van der Waals surface area contributed by atoms with Gasteiger partial charge in [0.2, 0.25) is 0 Å². The first-order valence-corrected chi connectivity index (χ1v) is 7.55. The monoisotopic (exact) mass is 294 g/mol. The van der Waals surface area contributed by atoms with Crippen LogP contribution in [0.5, 0.6) is 0 Å². The molecule has 2 N–H and O–H groups in total. The second-order valence-electron chi connectivity index (χ2n) is 4.85. The number of nitrogens with zero attached hydrogens (tertiary/aromatic N) is 1. The van der Waals surface area contributed by atoms with Crippen molar-refractivity contribution in [2.45, 2.75) is 19.0 Å². The molecule has 1 aromatic carbocycles. The average molecular weight is 295 g/mol. The third-order valence-corrected chi connectivity index (χ3v) is 4.16. The molecule has 0 bridgehead atoms. The number of nitrogens with two attached hydrogens (primary N) is 1. The molecule has 0 spiro atoms. The molecular weight excluding hydrogens is 276 g/mol. The van der Waals surface area contributed by atoms with Crippen molar-refractivity contribution in [1.82, 2.24) is 4.90 Å². The van der Waals surface area contributed by atoms with Gasteiger partial charge >= 0.3 is 0 Å². The van der Waals surface area contributed by atoms with Crippen molar-refractivity contribution in [2.75, 3.05) is 13.6 Å². The van der Waals surface area contributed by atoms with E-state index in [2.05, 4.69) is 42.3 Å². The van der Waals surface area contributed by atoms with Gasteiger partial charge in [-0.05, 0) is 31.2 Å². The lowest BCUT2D eigenvalue weighted by molar-refractivity contribution is 0.305. The van der Waals surface area contributed by atoms with Crippen molar-refractivity contribution in [3.63, 3.8) is 0 Å². The molecular formula is C15H19ClN2S. The van der Waals surface area contributed by atoms with Gasteiger partial charge in [0, 0.05) is 24.0 Å². The smallest absolute Gasteiger partial charge is 0.0931 e. The fraction of sp³-hybridized carbons (Fsp3) is 0.333. The first kappa shape index (κ1) is 14.5. The van der Waals surface area contributed by atoms with E-state index in [-0.39, 0.29) is 6.04 Å². The number of halogens is 1. The second-order valence-corrected chi connectivity index (χ2v) is 6.65. The summed E-state index contributed by atoms with van der Waals surface area (Å²) in [4.78, 5) is 3.52. The number of hydrogen-bond acceptors (Lipinski definition) is 3. The molecule has 0 aliphatic carbocycles. The zero-order valence-corrected chi connectivity index (χ0v) is 12.6. The van der Waals surface area contributed by atoms with Crippen LogP contribution in [0.1, 0.15) is 10.4 Å². The van der Waals surface area contributed by atoms with Crippen molar-refractivity contribution in [3.05, 3.63) is 57.2 Å². The van der Waals surface area contributed by atoms with Gasteiger partial charge in [-0.25, -0.2) is 0 Å². The highest BCUT2D eigenvalue weighted by atomic mass is 35.5. The van der Waals surface area contributed by atoms with Crippen molar-refractivity contribution in [2.24, 2.45) is 5.73 Å². The summed E-state index contributed by atoms with van der Waals surface area (Å²) < 4.78 is 0.844. The van der Waals surface area contributed by atoms with E-state index in [4.69, 9.17) is 17.3 Å². The Labute approximate surface area is 123 Å². The number of hydrogen-bond donors (Lipinski definition) is 1. The Bertz CT molecular complexity index is 498. The van der Waals surface area contributed by atoms with Gasteiger partial charge < -0.3 is 5.73 Å². The van der Waals surface area contributed by atoms with Crippen LogP contribution in [0.2, 0.25) is 4.34 Å². The molecule has 0 saturated carbocycles. The highest BCUT2D eigenvalue weighted by Crippen LogP contribution is 2.22. The molecule has 0 aliphatic heterocycles. The molecule has 2 rings (SSSR count). The number of likely N-dealkylation sites (N-methyl/N-ethyl adjacent to an activating group) is 1. The van der Waals surface area contributed by atoms with Gasteiger partial charge in [0.1, 0.15) is 0 Å². The van der Waals surface area contributed by atoms with E-state index in [0.717, 1.165) is 23.8 Å². The fourth-order valence-electron chi connectivity index (χ4n) is 2.15. The Morgan fingerprint density at radius 1 is 1.21 bits per heavy atom. The third kappa shape index (κ3) is 4.96. The maximum absolute atomic E-state index is 6.20. The summed E-state index contributed by atoms with van der Waals surface area (Å²) in [5, 5.41) is 0. The predicted molar refractivity (Wildman–Crippen MR) is 83.8 cm³/mol. The summed E-state index contributed by atoms with van der Waals surface area (Å²) in [5.74, 6) is 0. The molecule has 1 heterocycles. The van der Waals surface area contributed by atoms with E-state index in [9.17, 15) is 0 Å². The molecule has 102 valence electrons. The van der Waals surface area contributed by atoms with Crippen LogP contribution in [0.25, 0.3) is 0 Å². The fourth-order valence-corrected chi connectivity index (χ4v) is 3.32. The normalized spacial score (nSPS) is 12.8. The summed E-state index contributed by atoms with van der Waals surface area (Å²) >= 11 is 7.56. The van der Waals surface area contributed by atoms with E-state index in [1.165, 1.54) is 10.4 Å². The Hall–Kier alpha value is -0.870. The van der Waals surface area contributed by atoms with Crippen LogP contribution in [0, 0.1) is 0 Å². The van der Waals surface area contributed by atoms with Crippen LogP contribution in [0.3, 0.4) is 0 Å². The summed E-state index contributed by atoms with van der Waals surface area (Å²) in [6.45, 7) is 1.78. The van der Waals surface area contributed by atoms with Crippen LogP contribution >= 0.6 is 22.9 Å². The zero-order valence-electron chi connectivity index (χ0n) is 11.1. The number of thiophene rings is 1. The lowest BCUT2D eigenvalue weighted by Gasteiger charge is -2.20. The van der Waals surface area contributed by atoms with Crippen LogP contribution in [-0.4, -0.2) is 24.5 Å². The van der Waals surface area contributed by atoms with E-state index in [1.807, 2.05) is 12.1 Å². The summed E-state index contributed by atoms with van der Waals surface area (Å²) in [6.07, 6.45) is 0.913. The minimum atomic E-state index is 0.155. The molecule has 0 amide bonds. The molecule has 0 fully saturated rings. The van der Waals surface area contributed by atoms with Gasteiger partial charge in [0.15, 0.2) is 0 Å². The van der Waals surface area contributed by atoms with Crippen LogP contribution in [0.4, 0.5) is 0 Å². The summed E-state index contributed by atoms with van der Waals surface area (Å²) in [6, 6.07) is 14.6.